The first-order valence-electron chi connectivity index (χ1n) is 9.67. The van der Waals surface area contributed by atoms with Crippen molar-refractivity contribution >= 4 is 17.6 Å². The number of carbonyl (C=O) groups is 2. The topological polar surface area (TPSA) is 122 Å². The van der Waals surface area contributed by atoms with E-state index in [2.05, 4.69) is 25.7 Å². The Labute approximate surface area is 173 Å². The second-order valence-corrected chi connectivity index (χ2v) is 7.02. The highest BCUT2D eigenvalue weighted by molar-refractivity contribution is 6.39. The quantitative estimate of drug-likeness (QED) is 0.537. The SMILES string of the molecule is CCCc1cc(=O)[nH]c(-n2nc(C)cc2NC(=O)C(=O)NCc2ccc(C)cc2)n1. The Morgan fingerprint density at radius 1 is 1.10 bits per heavy atom. The van der Waals surface area contributed by atoms with Gasteiger partial charge in [-0.25, -0.2) is 4.98 Å². The van der Waals surface area contributed by atoms with Crippen LogP contribution in [-0.4, -0.2) is 31.6 Å². The van der Waals surface area contributed by atoms with Gasteiger partial charge in [-0.05, 0) is 25.8 Å². The first kappa shape index (κ1) is 21.0. The average Bonchev–Trinajstić information content (AvgIpc) is 3.07. The van der Waals surface area contributed by atoms with Crippen molar-refractivity contribution in [3.8, 4) is 5.95 Å². The molecule has 0 fully saturated rings. The molecule has 0 aliphatic rings. The number of carbonyl (C=O) groups excluding carboxylic acids is 2. The molecular formula is C21H24N6O3. The lowest BCUT2D eigenvalue weighted by molar-refractivity contribution is -0.136. The Balaban J connectivity index is 1.74. The molecule has 0 saturated heterocycles. The number of rotatable bonds is 6. The highest BCUT2D eigenvalue weighted by atomic mass is 16.2. The van der Waals surface area contributed by atoms with E-state index >= 15 is 0 Å². The summed E-state index contributed by atoms with van der Waals surface area (Å²) in [5, 5.41) is 9.39. The predicted molar refractivity (Wildman–Crippen MR) is 112 cm³/mol. The van der Waals surface area contributed by atoms with E-state index in [-0.39, 0.29) is 23.9 Å². The second-order valence-electron chi connectivity index (χ2n) is 7.02. The molecule has 2 aromatic heterocycles. The molecule has 156 valence electrons. The van der Waals surface area contributed by atoms with E-state index in [1.165, 1.54) is 10.7 Å². The summed E-state index contributed by atoms with van der Waals surface area (Å²) in [7, 11) is 0. The van der Waals surface area contributed by atoms with Crippen LogP contribution in [0.15, 0.2) is 41.2 Å². The fourth-order valence-electron chi connectivity index (χ4n) is 2.87. The molecule has 9 nitrogen and oxygen atoms in total. The monoisotopic (exact) mass is 408 g/mol. The summed E-state index contributed by atoms with van der Waals surface area (Å²) in [5.41, 5.74) is 2.90. The van der Waals surface area contributed by atoms with Crippen LogP contribution in [0.2, 0.25) is 0 Å². The van der Waals surface area contributed by atoms with Crippen molar-refractivity contribution in [1.82, 2.24) is 25.1 Å². The molecule has 0 atom stereocenters. The van der Waals surface area contributed by atoms with Crippen LogP contribution < -0.4 is 16.2 Å². The van der Waals surface area contributed by atoms with Gasteiger partial charge in [0, 0.05) is 24.4 Å². The average molecular weight is 408 g/mol. The summed E-state index contributed by atoms with van der Waals surface area (Å²) in [5.74, 6) is -1.20. The molecule has 3 rings (SSSR count). The number of nitrogens with zero attached hydrogens (tertiary/aromatic N) is 3. The lowest BCUT2D eigenvalue weighted by Gasteiger charge is -2.09. The Morgan fingerprint density at radius 2 is 1.83 bits per heavy atom. The Kier molecular flexibility index (Phi) is 6.41. The molecule has 0 unspecified atom stereocenters. The van der Waals surface area contributed by atoms with E-state index < -0.39 is 11.8 Å². The number of hydrogen-bond acceptors (Lipinski definition) is 5. The van der Waals surface area contributed by atoms with Gasteiger partial charge in [-0.3, -0.25) is 19.4 Å². The maximum absolute atomic E-state index is 12.4. The number of amides is 2. The summed E-state index contributed by atoms with van der Waals surface area (Å²) in [4.78, 5) is 43.5. The van der Waals surface area contributed by atoms with Crippen molar-refractivity contribution in [1.29, 1.82) is 0 Å². The Hall–Kier alpha value is -3.75. The van der Waals surface area contributed by atoms with Gasteiger partial charge in [0.05, 0.1) is 5.69 Å². The molecule has 1 aromatic carbocycles. The third-order valence-corrected chi connectivity index (χ3v) is 4.34. The highest BCUT2D eigenvalue weighted by Gasteiger charge is 2.18. The van der Waals surface area contributed by atoms with Crippen molar-refractivity contribution in [2.45, 2.75) is 40.2 Å². The maximum atomic E-state index is 12.4. The summed E-state index contributed by atoms with van der Waals surface area (Å²) >= 11 is 0. The zero-order chi connectivity index (χ0) is 21.7. The fraction of sp³-hybridized carbons (Fsp3) is 0.286. The molecule has 0 radical (unpaired) electrons. The minimum atomic E-state index is -0.838. The molecule has 2 amide bonds. The predicted octanol–water partition coefficient (Wildman–Crippen LogP) is 1.78. The van der Waals surface area contributed by atoms with Crippen molar-refractivity contribution in [3.05, 3.63) is 69.3 Å². The Bertz CT molecular complexity index is 1110. The molecule has 9 heteroatoms. The van der Waals surface area contributed by atoms with Gasteiger partial charge in [-0.1, -0.05) is 43.2 Å². The lowest BCUT2D eigenvalue weighted by atomic mass is 10.1. The summed E-state index contributed by atoms with van der Waals surface area (Å²) in [6, 6.07) is 10.7. The van der Waals surface area contributed by atoms with Crippen LogP contribution in [0.5, 0.6) is 0 Å². The van der Waals surface area contributed by atoms with E-state index in [1.54, 1.807) is 13.0 Å². The number of H-pyrrole nitrogens is 1. The van der Waals surface area contributed by atoms with Gasteiger partial charge in [-0.15, -0.1) is 0 Å². The van der Waals surface area contributed by atoms with Gasteiger partial charge < -0.3 is 10.6 Å². The van der Waals surface area contributed by atoms with Gasteiger partial charge in [0.1, 0.15) is 5.82 Å². The molecule has 0 bridgehead atoms. The van der Waals surface area contributed by atoms with E-state index in [1.807, 2.05) is 38.1 Å². The van der Waals surface area contributed by atoms with E-state index in [0.29, 0.717) is 17.8 Å². The molecule has 3 N–H and O–H groups in total. The molecule has 0 aliphatic carbocycles. The van der Waals surface area contributed by atoms with E-state index in [4.69, 9.17) is 0 Å². The maximum Gasteiger partial charge on any atom is 0.314 e. The minimum absolute atomic E-state index is 0.175. The van der Waals surface area contributed by atoms with Gasteiger partial charge in [0.15, 0.2) is 0 Å². The largest absolute Gasteiger partial charge is 0.344 e. The normalized spacial score (nSPS) is 10.6. The zero-order valence-corrected chi connectivity index (χ0v) is 17.2. The number of nitrogens with one attached hydrogen (secondary N) is 3. The summed E-state index contributed by atoms with van der Waals surface area (Å²) in [6.45, 7) is 5.93. The van der Waals surface area contributed by atoms with Crippen molar-refractivity contribution in [3.63, 3.8) is 0 Å². The number of hydrogen-bond donors (Lipinski definition) is 3. The third kappa shape index (κ3) is 5.19. The Morgan fingerprint density at radius 3 is 2.53 bits per heavy atom. The summed E-state index contributed by atoms with van der Waals surface area (Å²) in [6.07, 6.45) is 1.47. The number of benzene rings is 1. The number of aryl methyl sites for hydroxylation is 3. The highest BCUT2D eigenvalue weighted by Crippen LogP contribution is 2.14. The smallest absolute Gasteiger partial charge is 0.314 e. The van der Waals surface area contributed by atoms with Crippen LogP contribution >= 0.6 is 0 Å². The lowest BCUT2D eigenvalue weighted by Crippen LogP contribution is -2.35. The number of aromatic amines is 1. The van der Waals surface area contributed by atoms with Crippen LogP contribution in [0.3, 0.4) is 0 Å². The van der Waals surface area contributed by atoms with Gasteiger partial charge in [0.2, 0.25) is 5.95 Å². The molecule has 2 heterocycles. The van der Waals surface area contributed by atoms with Gasteiger partial charge in [-0.2, -0.15) is 9.78 Å². The number of anilines is 1. The molecule has 0 spiro atoms. The van der Waals surface area contributed by atoms with Gasteiger partial charge >= 0.3 is 11.8 Å². The molecule has 3 aromatic rings. The van der Waals surface area contributed by atoms with Gasteiger partial charge in [0.25, 0.3) is 5.56 Å². The van der Waals surface area contributed by atoms with Crippen molar-refractivity contribution in [2.75, 3.05) is 5.32 Å². The minimum Gasteiger partial charge on any atom is -0.344 e. The van der Waals surface area contributed by atoms with Crippen LogP contribution in [0.1, 0.15) is 35.9 Å². The van der Waals surface area contributed by atoms with E-state index in [0.717, 1.165) is 17.5 Å². The second kappa shape index (κ2) is 9.17. The zero-order valence-electron chi connectivity index (χ0n) is 17.2. The van der Waals surface area contributed by atoms with Crippen LogP contribution in [0.4, 0.5) is 5.82 Å². The third-order valence-electron chi connectivity index (χ3n) is 4.34. The first-order chi connectivity index (χ1) is 14.4. The summed E-state index contributed by atoms with van der Waals surface area (Å²) < 4.78 is 1.31. The molecular weight excluding hydrogens is 384 g/mol. The standard InChI is InChI=1S/C21H24N6O3/c1-4-5-16-11-18(28)25-21(23-16)27-17(10-14(3)26-27)24-20(30)19(29)22-12-15-8-6-13(2)7-9-15/h6-11H,4-5,12H2,1-3H3,(H,22,29)(H,24,30)(H,23,25,28). The number of aromatic nitrogens is 4. The van der Waals surface area contributed by atoms with E-state index in [9.17, 15) is 14.4 Å². The van der Waals surface area contributed by atoms with Crippen LogP contribution in [0.25, 0.3) is 5.95 Å². The first-order valence-corrected chi connectivity index (χ1v) is 9.67. The van der Waals surface area contributed by atoms with Crippen LogP contribution in [0, 0.1) is 13.8 Å². The van der Waals surface area contributed by atoms with Crippen molar-refractivity contribution < 1.29 is 9.59 Å². The molecule has 0 saturated carbocycles. The van der Waals surface area contributed by atoms with Crippen molar-refractivity contribution in [2.24, 2.45) is 0 Å². The van der Waals surface area contributed by atoms with Crippen LogP contribution in [-0.2, 0) is 22.6 Å². The molecule has 30 heavy (non-hydrogen) atoms. The fourth-order valence-corrected chi connectivity index (χ4v) is 2.87. The molecule has 0 aliphatic heterocycles.